The average Bonchev–Trinajstić information content (AvgIpc) is 2.80. The third kappa shape index (κ3) is 1.81. The Morgan fingerprint density at radius 1 is 1.35 bits per heavy atom. The zero-order valence-corrected chi connectivity index (χ0v) is 10.4. The summed E-state index contributed by atoms with van der Waals surface area (Å²) in [7, 11) is 0. The molecule has 0 amide bonds. The lowest BCUT2D eigenvalue weighted by Gasteiger charge is -2.51. The van der Waals surface area contributed by atoms with Crippen molar-refractivity contribution in [3.63, 3.8) is 0 Å². The second-order valence-electron chi connectivity index (χ2n) is 5.14. The molecule has 0 aliphatic heterocycles. The van der Waals surface area contributed by atoms with Gasteiger partial charge in [-0.05, 0) is 12.8 Å². The smallest absolute Gasteiger partial charge is 0.139 e. The molecule has 1 heterocycles. The Hall–Kier alpha value is -0.800. The number of hydrogen-bond acceptors (Lipinski definition) is 3. The van der Waals surface area contributed by atoms with Crippen molar-refractivity contribution in [1.29, 1.82) is 0 Å². The van der Waals surface area contributed by atoms with Crippen molar-refractivity contribution in [3.8, 4) is 5.75 Å². The zero-order valence-electron chi connectivity index (χ0n) is 9.60. The van der Waals surface area contributed by atoms with Crippen molar-refractivity contribution in [3.05, 3.63) is 23.5 Å². The summed E-state index contributed by atoms with van der Waals surface area (Å²) in [6.07, 6.45) is 8.48. The van der Waals surface area contributed by atoms with Crippen molar-refractivity contribution in [1.82, 2.24) is 4.98 Å². The number of halogens is 1. The molecule has 2 atom stereocenters. The van der Waals surface area contributed by atoms with Crippen LogP contribution in [0.1, 0.15) is 32.1 Å². The number of nitrogens with zero attached hydrogens (tertiary/aromatic N) is 1. The lowest BCUT2D eigenvalue weighted by atomic mass is 9.62. The summed E-state index contributed by atoms with van der Waals surface area (Å²) in [4.78, 5) is 4.01. The molecule has 1 aromatic heterocycles. The fourth-order valence-electron chi connectivity index (χ4n) is 3.20. The maximum atomic E-state index is 9.98. The van der Waals surface area contributed by atoms with E-state index in [1.54, 1.807) is 18.5 Å². The average molecular weight is 254 g/mol. The standard InChI is InChI=1S/C13H16ClNO2/c14-9-5-10(8-15-7-9)17-12-6-11(16)13(12)3-1-2-4-13/h5,7-8,11-12,16H,1-4,6H2. The highest BCUT2D eigenvalue weighted by Gasteiger charge is 2.57. The van der Waals surface area contributed by atoms with Gasteiger partial charge in [-0.1, -0.05) is 24.4 Å². The van der Waals surface area contributed by atoms with Crippen LogP contribution >= 0.6 is 11.6 Å². The fourth-order valence-corrected chi connectivity index (χ4v) is 3.37. The maximum absolute atomic E-state index is 9.98. The van der Waals surface area contributed by atoms with Crippen LogP contribution in [0, 0.1) is 5.41 Å². The largest absolute Gasteiger partial charge is 0.488 e. The monoisotopic (exact) mass is 253 g/mol. The molecule has 92 valence electrons. The molecule has 2 fully saturated rings. The predicted molar refractivity (Wildman–Crippen MR) is 65.2 cm³/mol. The minimum Gasteiger partial charge on any atom is -0.488 e. The summed E-state index contributed by atoms with van der Waals surface area (Å²) in [6.45, 7) is 0. The molecule has 0 saturated heterocycles. The van der Waals surface area contributed by atoms with Gasteiger partial charge in [-0.15, -0.1) is 0 Å². The molecule has 3 rings (SSSR count). The molecular formula is C13H16ClNO2. The Balaban J connectivity index is 1.74. The molecule has 2 saturated carbocycles. The van der Waals surface area contributed by atoms with Crippen LogP contribution in [0.3, 0.4) is 0 Å². The Morgan fingerprint density at radius 2 is 2.12 bits per heavy atom. The summed E-state index contributed by atoms with van der Waals surface area (Å²) in [6, 6.07) is 1.78. The second kappa shape index (κ2) is 4.14. The summed E-state index contributed by atoms with van der Waals surface area (Å²) >= 11 is 5.88. The molecular weight excluding hydrogens is 238 g/mol. The van der Waals surface area contributed by atoms with E-state index in [4.69, 9.17) is 16.3 Å². The van der Waals surface area contributed by atoms with E-state index in [1.165, 1.54) is 12.8 Å². The molecule has 0 bridgehead atoms. The van der Waals surface area contributed by atoms with Gasteiger partial charge in [0.15, 0.2) is 0 Å². The summed E-state index contributed by atoms with van der Waals surface area (Å²) in [5.41, 5.74) is 0.00230. The van der Waals surface area contributed by atoms with Crippen LogP contribution in [0.25, 0.3) is 0 Å². The van der Waals surface area contributed by atoms with Gasteiger partial charge < -0.3 is 9.84 Å². The SMILES string of the molecule is OC1CC(Oc2cncc(Cl)c2)C12CCCC2. The molecule has 2 aliphatic carbocycles. The van der Waals surface area contributed by atoms with Gasteiger partial charge in [0.2, 0.25) is 0 Å². The minimum absolute atomic E-state index is 0.00230. The molecule has 1 aromatic rings. The van der Waals surface area contributed by atoms with Crippen LogP contribution in [0.2, 0.25) is 5.02 Å². The first kappa shape index (κ1) is 11.3. The summed E-state index contributed by atoms with van der Waals surface area (Å²) < 4.78 is 5.93. The molecule has 0 radical (unpaired) electrons. The van der Waals surface area contributed by atoms with Crippen LogP contribution in [-0.4, -0.2) is 22.3 Å². The van der Waals surface area contributed by atoms with E-state index < -0.39 is 0 Å². The third-order valence-corrected chi connectivity index (χ3v) is 4.44. The molecule has 1 spiro atoms. The number of aliphatic hydroxyl groups is 1. The molecule has 2 aliphatic rings. The van der Waals surface area contributed by atoms with E-state index in [0.717, 1.165) is 19.3 Å². The Morgan fingerprint density at radius 3 is 2.76 bits per heavy atom. The molecule has 4 heteroatoms. The number of pyridine rings is 1. The first-order valence-electron chi connectivity index (χ1n) is 6.16. The number of rotatable bonds is 2. The van der Waals surface area contributed by atoms with E-state index in [9.17, 15) is 5.11 Å². The lowest BCUT2D eigenvalue weighted by molar-refractivity contribution is -0.152. The van der Waals surface area contributed by atoms with Gasteiger partial charge in [-0.3, -0.25) is 4.98 Å². The van der Waals surface area contributed by atoms with E-state index in [1.807, 2.05) is 0 Å². The number of hydrogen-bond donors (Lipinski definition) is 1. The molecule has 2 unspecified atom stereocenters. The Bertz CT molecular complexity index is 418. The fraction of sp³-hybridized carbons (Fsp3) is 0.615. The normalized spacial score (nSPS) is 30.2. The van der Waals surface area contributed by atoms with Crippen LogP contribution in [0.4, 0.5) is 0 Å². The van der Waals surface area contributed by atoms with Crippen molar-refractivity contribution in [2.75, 3.05) is 0 Å². The van der Waals surface area contributed by atoms with Gasteiger partial charge in [0.05, 0.1) is 17.3 Å². The van der Waals surface area contributed by atoms with Gasteiger partial charge in [-0.2, -0.15) is 0 Å². The van der Waals surface area contributed by atoms with Gasteiger partial charge in [0, 0.05) is 24.1 Å². The first-order valence-corrected chi connectivity index (χ1v) is 6.54. The second-order valence-corrected chi connectivity index (χ2v) is 5.57. The van der Waals surface area contributed by atoms with E-state index in [-0.39, 0.29) is 17.6 Å². The Kier molecular flexibility index (Phi) is 2.75. The van der Waals surface area contributed by atoms with Crippen LogP contribution in [0.5, 0.6) is 5.75 Å². The lowest BCUT2D eigenvalue weighted by Crippen LogP contribution is -2.58. The zero-order chi connectivity index (χ0) is 11.9. The van der Waals surface area contributed by atoms with Crippen molar-refractivity contribution >= 4 is 11.6 Å². The van der Waals surface area contributed by atoms with E-state index in [2.05, 4.69) is 4.98 Å². The minimum atomic E-state index is -0.192. The van der Waals surface area contributed by atoms with Crippen LogP contribution in [0.15, 0.2) is 18.5 Å². The number of aliphatic hydroxyl groups excluding tert-OH is 1. The molecule has 1 N–H and O–H groups in total. The van der Waals surface area contributed by atoms with Crippen molar-refractivity contribution in [2.24, 2.45) is 5.41 Å². The van der Waals surface area contributed by atoms with E-state index >= 15 is 0 Å². The topological polar surface area (TPSA) is 42.4 Å². The van der Waals surface area contributed by atoms with E-state index in [0.29, 0.717) is 10.8 Å². The van der Waals surface area contributed by atoms with Crippen LogP contribution < -0.4 is 4.74 Å². The highest BCUT2D eigenvalue weighted by molar-refractivity contribution is 6.30. The van der Waals surface area contributed by atoms with Gasteiger partial charge in [-0.25, -0.2) is 0 Å². The maximum Gasteiger partial charge on any atom is 0.139 e. The van der Waals surface area contributed by atoms with Gasteiger partial charge in [0.1, 0.15) is 11.9 Å². The number of ether oxygens (including phenoxy) is 1. The summed E-state index contributed by atoms with van der Waals surface area (Å²) in [5.74, 6) is 0.709. The third-order valence-electron chi connectivity index (χ3n) is 4.23. The molecule has 3 nitrogen and oxygen atoms in total. The van der Waals surface area contributed by atoms with Gasteiger partial charge in [0.25, 0.3) is 0 Å². The highest BCUT2D eigenvalue weighted by Crippen LogP contribution is 2.54. The van der Waals surface area contributed by atoms with Gasteiger partial charge >= 0.3 is 0 Å². The van der Waals surface area contributed by atoms with Crippen molar-refractivity contribution < 1.29 is 9.84 Å². The predicted octanol–water partition coefficient (Wildman–Crippen LogP) is 2.81. The first-order chi connectivity index (χ1) is 8.21. The highest BCUT2D eigenvalue weighted by atomic mass is 35.5. The summed E-state index contributed by atoms with van der Waals surface area (Å²) in [5, 5.41) is 10.6. The van der Waals surface area contributed by atoms with Crippen LogP contribution in [-0.2, 0) is 0 Å². The van der Waals surface area contributed by atoms with Crippen molar-refractivity contribution in [2.45, 2.75) is 44.3 Å². The molecule has 17 heavy (non-hydrogen) atoms. The quantitative estimate of drug-likeness (QED) is 0.881. The molecule has 0 aromatic carbocycles. The number of aromatic nitrogens is 1. The Labute approximate surface area is 106 Å².